The van der Waals surface area contributed by atoms with Crippen molar-refractivity contribution in [1.29, 1.82) is 0 Å². The molecule has 0 saturated heterocycles. The van der Waals surface area contributed by atoms with Gasteiger partial charge >= 0.3 is 5.97 Å². The van der Waals surface area contributed by atoms with Crippen LogP contribution in [-0.4, -0.2) is 11.1 Å². The summed E-state index contributed by atoms with van der Waals surface area (Å²) in [5.41, 5.74) is 1.56. The molecule has 1 rings (SSSR count). The number of hydrogen-bond donors (Lipinski definition) is 1. The summed E-state index contributed by atoms with van der Waals surface area (Å²) in [7, 11) is 0. The van der Waals surface area contributed by atoms with Crippen molar-refractivity contribution in [3.05, 3.63) is 47.3 Å². The number of carboxylic acid groups (broad SMARTS) is 1. The molecule has 0 aliphatic rings. The molecule has 1 atom stereocenters. The van der Waals surface area contributed by atoms with Crippen molar-refractivity contribution in [1.82, 2.24) is 0 Å². The summed E-state index contributed by atoms with van der Waals surface area (Å²) in [6, 6.07) is 5.75. The van der Waals surface area contributed by atoms with Gasteiger partial charge in [-0.15, -0.1) is 0 Å². The van der Waals surface area contributed by atoms with Crippen molar-refractivity contribution in [2.24, 2.45) is 0 Å². The maximum atomic E-state index is 13.0. The van der Waals surface area contributed by atoms with Crippen molar-refractivity contribution >= 4 is 5.97 Å². The molecule has 0 heterocycles. The van der Waals surface area contributed by atoms with Gasteiger partial charge in [0.25, 0.3) is 0 Å². The summed E-state index contributed by atoms with van der Waals surface area (Å²) >= 11 is 0. The van der Waals surface area contributed by atoms with Crippen LogP contribution in [-0.2, 0) is 4.79 Å². The molecule has 0 amide bonds. The second-order valence-corrected chi connectivity index (χ2v) is 3.96. The average Bonchev–Trinajstić information content (AvgIpc) is 2.17. The van der Waals surface area contributed by atoms with E-state index in [9.17, 15) is 9.18 Å². The van der Waals surface area contributed by atoms with Gasteiger partial charge in [-0.1, -0.05) is 23.8 Å². The predicted octanol–water partition coefficient (Wildman–Crippen LogP) is 3.35. The van der Waals surface area contributed by atoms with Crippen LogP contribution < -0.4 is 0 Å². The highest BCUT2D eigenvalue weighted by molar-refractivity contribution is 5.76. The number of rotatable bonds is 4. The zero-order chi connectivity index (χ0) is 12.1. The van der Waals surface area contributed by atoms with Crippen LogP contribution in [0.25, 0.3) is 0 Å². The molecular formula is C13H15FO2. The van der Waals surface area contributed by atoms with Gasteiger partial charge in [0.2, 0.25) is 0 Å². The molecule has 2 nitrogen and oxygen atoms in total. The van der Waals surface area contributed by atoms with Gasteiger partial charge in [-0.3, -0.25) is 4.79 Å². The van der Waals surface area contributed by atoms with E-state index in [2.05, 4.69) is 0 Å². The van der Waals surface area contributed by atoms with Crippen molar-refractivity contribution in [3.63, 3.8) is 0 Å². The molecule has 1 N–H and O–H groups in total. The maximum absolute atomic E-state index is 13.0. The Morgan fingerprint density at radius 2 is 2.19 bits per heavy atom. The number of allylic oxidation sites excluding steroid dienone is 2. The van der Waals surface area contributed by atoms with E-state index in [1.54, 1.807) is 6.07 Å². The highest BCUT2D eigenvalue weighted by Gasteiger charge is 2.18. The smallest absolute Gasteiger partial charge is 0.311 e. The van der Waals surface area contributed by atoms with Crippen LogP contribution in [0.3, 0.4) is 0 Å². The first-order chi connectivity index (χ1) is 7.50. The molecule has 0 spiro atoms. The highest BCUT2D eigenvalue weighted by atomic mass is 19.1. The van der Waals surface area contributed by atoms with Crippen LogP contribution in [0.15, 0.2) is 35.9 Å². The molecule has 0 aromatic heterocycles. The Bertz CT molecular complexity index is 406. The van der Waals surface area contributed by atoms with Gasteiger partial charge in [-0.2, -0.15) is 0 Å². The van der Waals surface area contributed by atoms with Gasteiger partial charge in [-0.25, -0.2) is 4.39 Å². The Balaban J connectivity index is 2.94. The summed E-state index contributed by atoms with van der Waals surface area (Å²) in [4.78, 5) is 11.1. The van der Waals surface area contributed by atoms with E-state index in [0.717, 1.165) is 5.57 Å². The third-order valence-corrected chi connectivity index (χ3v) is 2.31. The van der Waals surface area contributed by atoms with Crippen molar-refractivity contribution in [2.45, 2.75) is 26.2 Å². The molecule has 0 bridgehead atoms. The SMILES string of the molecule is CC(C)=CCC(C(=O)O)c1cccc(F)c1. The van der Waals surface area contributed by atoms with Gasteiger partial charge in [0.1, 0.15) is 5.82 Å². The van der Waals surface area contributed by atoms with E-state index >= 15 is 0 Å². The van der Waals surface area contributed by atoms with E-state index in [0.29, 0.717) is 12.0 Å². The first-order valence-electron chi connectivity index (χ1n) is 5.12. The quantitative estimate of drug-likeness (QED) is 0.793. The normalized spacial score (nSPS) is 11.9. The number of benzene rings is 1. The van der Waals surface area contributed by atoms with Crippen molar-refractivity contribution in [3.8, 4) is 0 Å². The van der Waals surface area contributed by atoms with Gasteiger partial charge < -0.3 is 5.11 Å². The van der Waals surface area contributed by atoms with Gasteiger partial charge in [0.15, 0.2) is 0 Å². The lowest BCUT2D eigenvalue weighted by atomic mass is 9.95. The molecule has 1 aromatic carbocycles. The second-order valence-electron chi connectivity index (χ2n) is 3.96. The monoisotopic (exact) mass is 222 g/mol. The van der Waals surface area contributed by atoms with E-state index in [-0.39, 0.29) is 0 Å². The lowest BCUT2D eigenvalue weighted by Crippen LogP contribution is -2.11. The molecule has 86 valence electrons. The lowest BCUT2D eigenvalue weighted by molar-refractivity contribution is -0.138. The number of hydrogen-bond acceptors (Lipinski definition) is 1. The topological polar surface area (TPSA) is 37.3 Å². The minimum Gasteiger partial charge on any atom is -0.481 e. The minimum absolute atomic E-state index is 0.390. The molecule has 1 unspecified atom stereocenters. The minimum atomic E-state index is -0.928. The van der Waals surface area contributed by atoms with E-state index < -0.39 is 17.7 Å². The Hall–Kier alpha value is -1.64. The summed E-state index contributed by atoms with van der Waals surface area (Å²) in [5, 5.41) is 9.08. The van der Waals surface area contributed by atoms with Crippen LogP contribution >= 0.6 is 0 Å². The van der Waals surface area contributed by atoms with Crippen molar-refractivity contribution < 1.29 is 14.3 Å². The van der Waals surface area contributed by atoms with E-state index in [1.165, 1.54) is 18.2 Å². The molecular weight excluding hydrogens is 207 g/mol. The molecule has 0 radical (unpaired) electrons. The standard InChI is InChI=1S/C13H15FO2/c1-9(2)6-7-12(13(15)16)10-4-3-5-11(14)8-10/h3-6,8,12H,7H2,1-2H3,(H,15,16). The molecule has 16 heavy (non-hydrogen) atoms. The van der Waals surface area contributed by atoms with Crippen LogP contribution in [0.5, 0.6) is 0 Å². The first kappa shape index (κ1) is 12.4. The maximum Gasteiger partial charge on any atom is 0.311 e. The predicted molar refractivity (Wildman–Crippen MR) is 60.8 cm³/mol. The number of carbonyl (C=O) groups is 1. The lowest BCUT2D eigenvalue weighted by Gasteiger charge is -2.10. The zero-order valence-corrected chi connectivity index (χ0v) is 9.40. The van der Waals surface area contributed by atoms with Crippen LogP contribution in [0.1, 0.15) is 31.7 Å². The molecule has 1 aromatic rings. The molecule has 0 fully saturated rings. The Morgan fingerprint density at radius 3 is 2.69 bits per heavy atom. The van der Waals surface area contributed by atoms with Gasteiger partial charge in [-0.05, 0) is 38.0 Å². The summed E-state index contributed by atoms with van der Waals surface area (Å²) in [6.07, 6.45) is 2.24. The zero-order valence-electron chi connectivity index (χ0n) is 9.40. The Morgan fingerprint density at radius 1 is 1.50 bits per heavy atom. The first-order valence-corrected chi connectivity index (χ1v) is 5.12. The Labute approximate surface area is 94.4 Å². The van der Waals surface area contributed by atoms with E-state index in [4.69, 9.17) is 5.11 Å². The van der Waals surface area contributed by atoms with Crippen LogP contribution in [0.2, 0.25) is 0 Å². The van der Waals surface area contributed by atoms with Crippen molar-refractivity contribution in [2.75, 3.05) is 0 Å². The largest absolute Gasteiger partial charge is 0.481 e. The fourth-order valence-corrected chi connectivity index (χ4v) is 1.46. The highest BCUT2D eigenvalue weighted by Crippen LogP contribution is 2.22. The number of carboxylic acids is 1. The number of halogens is 1. The van der Waals surface area contributed by atoms with Gasteiger partial charge in [0.05, 0.1) is 5.92 Å². The fourth-order valence-electron chi connectivity index (χ4n) is 1.46. The molecule has 0 aliphatic heterocycles. The van der Waals surface area contributed by atoms with Crippen LogP contribution in [0, 0.1) is 5.82 Å². The summed E-state index contributed by atoms with van der Waals surface area (Å²) < 4.78 is 13.0. The van der Waals surface area contributed by atoms with E-state index in [1.807, 2.05) is 19.9 Å². The second kappa shape index (κ2) is 5.45. The molecule has 0 aliphatic carbocycles. The molecule has 3 heteroatoms. The van der Waals surface area contributed by atoms with Gasteiger partial charge in [0, 0.05) is 0 Å². The third kappa shape index (κ3) is 3.50. The third-order valence-electron chi connectivity index (χ3n) is 2.31. The average molecular weight is 222 g/mol. The summed E-state index contributed by atoms with van der Waals surface area (Å²) in [6.45, 7) is 3.81. The van der Waals surface area contributed by atoms with Crippen LogP contribution in [0.4, 0.5) is 4.39 Å². The number of aliphatic carboxylic acids is 1. The summed E-state index contributed by atoms with van der Waals surface area (Å²) in [5.74, 6) is -2.00. The fraction of sp³-hybridized carbons (Fsp3) is 0.308. The molecule has 0 saturated carbocycles. The Kier molecular flexibility index (Phi) is 4.23.